The van der Waals surface area contributed by atoms with Gasteiger partial charge in [0, 0.05) is 6.54 Å². The number of rotatable bonds is 4. The number of hydrogen-bond acceptors (Lipinski definition) is 3. The maximum absolute atomic E-state index is 12.1. The van der Waals surface area contributed by atoms with Crippen molar-refractivity contribution in [2.75, 3.05) is 0 Å². The number of amides is 1. The third-order valence-corrected chi connectivity index (χ3v) is 3.27. The topological polar surface area (TPSA) is 73.1 Å². The van der Waals surface area contributed by atoms with E-state index in [0.29, 0.717) is 12.1 Å². The number of nitrogens with zero attached hydrogens (tertiary/aromatic N) is 1. The van der Waals surface area contributed by atoms with Crippen molar-refractivity contribution < 1.29 is 9.90 Å². The molecular formula is C18H16N2O2. The highest BCUT2D eigenvalue weighted by Crippen LogP contribution is 2.13. The Hall–Kier alpha value is -3.06. The minimum absolute atomic E-state index is 0.0271. The molecule has 2 N–H and O–H groups in total. The van der Waals surface area contributed by atoms with E-state index in [4.69, 9.17) is 5.26 Å². The molecule has 0 fully saturated rings. The van der Waals surface area contributed by atoms with Crippen LogP contribution in [0, 0.1) is 18.3 Å². The van der Waals surface area contributed by atoms with Gasteiger partial charge in [-0.2, -0.15) is 5.26 Å². The third kappa shape index (κ3) is 3.97. The van der Waals surface area contributed by atoms with Crippen LogP contribution < -0.4 is 5.32 Å². The van der Waals surface area contributed by atoms with Gasteiger partial charge in [0.2, 0.25) is 0 Å². The van der Waals surface area contributed by atoms with Crippen LogP contribution in [0.2, 0.25) is 0 Å². The zero-order valence-corrected chi connectivity index (χ0v) is 12.2. The van der Waals surface area contributed by atoms with Crippen molar-refractivity contribution in [1.29, 1.82) is 5.26 Å². The largest absolute Gasteiger partial charge is 0.508 e. The second-order valence-corrected chi connectivity index (χ2v) is 4.87. The summed E-state index contributed by atoms with van der Waals surface area (Å²) in [6.45, 7) is 2.35. The zero-order valence-electron chi connectivity index (χ0n) is 12.2. The number of carbonyl (C=O) groups excluding carboxylic acids is 1. The van der Waals surface area contributed by atoms with Crippen molar-refractivity contribution in [3.63, 3.8) is 0 Å². The summed E-state index contributed by atoms with van der Waals surface area (Å²) in [5.74, 6) is -0.279. The molecule has 0 aromatic heterocycles. The van der Waals surface area contributed by atoms with E-state index in [-0.39, 0.29) is 11.3 Å². The molecule has 0 aliphatic heterocycles. The summed E-state index contributed by atoms with van der Waals surface area (Å²) in [4.78, 5) is 12.1. The van der Waals surface area contributed by atoms with Crippen molar-refractivity contribution in [2.45, 2.75) is 13.5 Å². The van der Waals surface area contributed by atoms with E-state index in [1.54, 1.807) is 12.1 Å². The number of aromatic hydroxyl groups is 1. The van der Waals surface area contributed by atoms with E-state index in [1.807, 2.05) is 37.3 Å². The number of phenols is 1. The van der Waals surface area contributed by atoms with Crippen molar-refractivity contribution in [2.24, 2.45) is 0 Å². The molecule has 0 atom stereocenters. The summed E-state index contributed by atoms with van der Waals surface area (Å²) in [5.41, 5.74) is 2.81. The van der Waals surface area contributed by atoms with Gasteiger partial charge in [0.1, 0.15) is 17.4 Å². The number of nitriles is 1. The first kappa shape index (κ1) is 15.3. The van der Waals surface area contributed by atoms with Crippen LogP contribution in [0.15, 0.2) is 54.1 Å². The first-order valence-corrected chi connectivity index (χ1v) is 6.83. The molecule has 0 saturated heterocycles. The van der Waals surface area contributed by atoms with Crippen LogP contribution in [-0.2, 0) is 11.3 Å². The molecule has 0 heterocycles. The van der Waals surface area contributed by atoms with Crippen LogP contribution >= 0.6 is 0 Å². The van der Waals surface area contributed by atoms with Crippen molar-refractivity contribution in [3.8, 4) is 11.8 Å². The Kier molecular flexibility index (Phi) is 4.94. The molecule has 0 aliphatic rings. The molecule has 4 nitrogen and oxygen atoms in total. The van der Waals surface area contributed by atoms with Gasteiger partial charge in [-0.25, -0.2) is 0 Å². The van der Waals surface area contributed by atoms with Gasteiger partial charge in [0.25, 0.3) is 5.91 Å². The first-order valence-electron chi connectivity index (χ1n) is 6.83. The summed E-state index contributed by atoms with van der Waals surface area (Å²) in [7, 11) is 0. The lowest BCUT2D eigenvalue weighted by Gasteiger charge is -2.07. The summed E-state index contributed by atoms with van der Waals surface area (Å²) >= 11 is 0. The highest BCUT2D eigenvalue weighted by molar-refractivity contribution is 6.01. The van der Waals surface area contributed by atoms with Gasteiger partial charge in [0.05, 0.1) is 0 Å². The van der Waals surface area contributed by atoms with Crippen LogP contribution in [0.5, 0.6) is 5.75 Å². The molecule has 0 bridgehead atoms. The van der Waals surface area contributed by atoms with E-state index in [1.165, 1.54) is 18.2 Å². The van der Waals surface area contributed by atoms with Crippen LogP contribution in [0.1, 0.15) is 16.7 Å². The quantitative estimate of drug-likeness (QED) is 0.672. The molecule has 2 aromatic rings. The number of carbonyl (C=O) groups is 1. The van der Waals surface area contributed by atoms with Gasteiger partial charge in [-0.3, -0.25) is 4.79 Å². The maximum atomic E-state index is 12.1. The Morgan fingerprint density at radius 2 is 1.91 bits per heavy atom. The van der Waals surface area contributed by atoms with E-state index < -0.39 is 5.91 Å². The Balaban J connectivity index is 2.08. The molecule has 110 valence electrons. The normalized spacial score (nSPS) is 10.8. The second-order valence-electron chi connectivity index (χ2n) is 4.87. The molecule has 4 heteroatoms. The molecule has 0 spiro atoms. The van der Waals surface area contributed by atoms with Crippen LogP contribution in [0.25, 0.3) is 6.08 Å². The minimum Gasteiger partial charge on any atom is -0.508 e. The van der Waals surface area contributed by atoms with Gasteiger partial charge >= 0.3 is 0 Å². The van der Waals surface area contributed by atoms with E-state index >= 15 is 0 Å². The molecule has 0 saturated carbocycles. The highest BCUT2D eigenvalue weighted by atomic mass is 16.3. The Morgan fingerprint density at radius 3 is 2.55 bits per heavy atom. The highest BCUT2D eigenvalue weighted by Gasteiger charge is 2.09. The summed E-state index contributed by atoms with van der Waals surface area (Å²) < 4.78 is 0. The predicted molar refractivity (Wildman–Crippen MR) is 84.7 cm³/mol. The van der Waals surface area contributed by atoms with Crippen LogP contribution in [0.3, 0.4) is 0 Å². The van der Waals surface area contributed by atoms with Gasteiger partial charge in [0.15, 0.2) is 0 Å². The lowest BCUT2D eigenvalue weighted by molar-refractivity contribution is -0.117. The van der Waals surface area contributed by atoms with Gasteiger partial charge in [-0.15, -0.1) is 0 Å². The molecule has 0 aliphatic carbocycles. The van der Waals surface area contributed by atoms with Crippen LogP contribution in [0.4, 0.5) is 0 Å². The summed E-state index contributed by atoms with van der Waals surface area (Å²) in [6, 6.07) is 15.9. The van der Waals surface area contributed by atoms with E-state index in [9.17, 15) is 9.90 Å². The predicted octanol–water partition coefficient (Wildman–Crippen LogP) is 2.92. The Bertz CT molecular complexity index is 740. The van der Waals surface area contributed by atoms with Gasteiger partial charge < -0.3 is 10.4 Å². The zero-order chi connectivity index (χ0) is 15.9. The van der Waals surface area contributed by atoms with E-state index in [0.717, 1.165) is 11.1 Å². The van der Waals surface area contributed by atoms with Crippen LogP contribution in [-0.4, -0.2) is 11.0 Å². The smallest absolute Gasteiger partial charge is 0.262 e. The fourth-order valence-electron chi connectivity index (χ4n) is 1.96. The minimum atomic E-state index is -0.418. The average Bonchev–Trinajstić information content (AvgIpc) is 2.53. The Labute approximate surface area is 129 Å². The van der Waals surface area contributed by atoms with Crippen molar-refractivity contribution in [1.82, 2.24) is 5.32 Å². The van der Waals surface area contributed by atoms with Gasteiger partial charge in [-0.1, -0.05) is 36.4 Å². The maximum Gasteiger partial charge on any atom is 0.262 e. The Morgan fingerprint density at radius 1 is 1.23 bits per heavy atom. The van der Waals surface area contributed by atoms with Crippen molar-refractivity contribution >= 4 is 12.0 Å². The van der Waals surface area contributed by atoms with Gasteiger partial charge in [-0.05, 0) is 41.8 Å². The molecule has 0 radical (unpaired) electrons. The molecular weight excluding hydrogens is 276 g/mol. The lowest BCUT2D eigenvalue weighted by Crippen LogP contribution is -2.24. The SMILES string of the molecule is Cc1ccccc1CNC(=O)/C(C#N)=C/c1ccc(O)cc1. The monoisotopic (exact) mass is 292 g/mol. The molecule has 2 aromatic carbocycles. The number of aryl methyl sites for hydroxylation is 1. The number of hydrogen-bond donors (Lipinski definition) is 2. The van der Waals surface area contributed by atoms with E-state index in [2.05, 4.69) is 5.32 Å². The first-order chi connectivity index (χ1) is 10.6. The molecule has 1 amide bonds. The fraction of sp³-hybridized carbons (Fsp3) is 0.111. The second kappa shape index (κ2) is 7.09. The summed E-state index contributed by atoms with van der Waals surface area (Å²) in [6.07, 6.45) is 1.49. The van der Waals surface area contributed by atoms with Crippen molar-refractivity contribution in [3.05, 3.63) is 70.8 Å². The third-order valence-electron chi connectivity index (χ3n) is 3.27. The number of benzene rings is 2. The fourth-order valence-corrected chi connectivity index (χ4v) is 1.96. The molecule has 22 heavy (non-hydrogen) atoms. The summed E-state index contributed by atoms with van der Waals surface area (Å²) in [5, 5.41) is 21.1. The lowest BCUT2D eigenvalue weighted by atomic mass is 10.1. The number of phenolic OH excluding ortho intramolecular Hbond substituents is 1. The molecule has 0 unspecified atom stereocenters. The average molecular weight is 292 g/mol. The number of nitrogens with one attached hydrogen (secondary N) is 1. The molecule has 2 rings (SSSR count). The standard InChI is InChI=1S/C18H16N2O2/c1-13-4-2-3-5-15(13)12-20-18(22)16(11-19)10-14-6-8-17(21)9-7-14/h2-10,21H,12H2,1H3,(H,20,22)/b16-10+.